The van der Waals surface area contributed by atoms with E-state index >= 15 is 0 Å². The molecule has 0 fully saturated rings. The highest BCUT2D eigenvalue weighted by Gasteiger charge is 2.08. The van der Waals surface area contributed by atoms with Gasteiger partial charge in [0.2, 0.25) is 5.95 Å². The van der Waals surface area contributed by atoms with Crippen molar-refractivity contribution in [3.63, 3.8) is 0 Å². The van der Waals surface area contributed by atoms with Gasteiger partial charge in [-0.1, -0.05) is 36.4 Å². The summed E-state index contributed by atoms with van der Waals surface area (Å²) in [5.74, 6) is -0.404. The first-order chi connectivity index (χ1) is 8.74. The molecule has 1 aromatic heterocycles. The van der Waals surface area contributed by atoms with Crippen LogP contribution in [-0.4, -0.2) is 9.97 Å². The third-order valence-corrected chi connectivity index (χ3v) is 2.79. The van der Waals surface area contributed by atoms with Gasteiger partial charge in [-0.3, -0.25) is 0 Å². The van der Waals surface area contributed by atoms with Crippen molar-refractivity contribution in [2.24, 2.45) is 0 Å². The van der Waals surface area contributed by atoms with E-state index in [-0.39, 0.29) is 11.6 Å². The first kappa shape index (κ1) is 10.7. The minimum Gasteiger partial charge on any atom is -0.368 e. The molecule has 2 N–H and O–H groups in total. The highest BCUT2D eigenvalue weighted by Crippen LogP contribution is 2.25. The number of hydrogen-bond donors (Lipinski definition) is 1. The largest absolute Gasteiger partial charge is 0.368 e. The summed E-state index contributed by atoms with van der Waals surface area (Å²) < 4.78 is 13.7. The number of hydrogen-bond acceptors (Lipinski definition) is 3. The van der Waals surface area contributed by atoms with Gasteiger partial charge >= 0.3 is 0 Å². The first-order valence-corrected chi connectivity index (χ1v) is 5.51. The Morgan fingerprint density at radius 1 is 1.00 bits per heavy atom. The number of benzene rings is 2. The molecule has 0 bridgehead atoms. The van der Waals surface area contributed by atoms with Gasteiger partial charge in [0, 0.05) is 5.56 Å². The first-order valence-electron chi connectivity index (χ1n) is 5.51. The Kier molecular flexibility index (Phi) is 2.41. The standard InChI is InChI=1S/C14H10FN3/c15-12-8-17-14(16)18-13(12)11-6-5-9-3-1-2-4-10(9)7-11/h1-8H,(H2,16,17,18). The molecular weight excluding hydrogens is 229 g/mol. The van der Waals surface area contributed by atoms with Crippen molar-refractivity contribution in [1.29, 1.82) is 0 Å². The van der Waals surface area contributed by atoms with Gasteiger partial charge in [-0.2, -0.15) is 0 Å². The molecule has 0 saturated carbocycles. The summed E-state index contributed by atoms with van der Waals surface area (Å²) in [6, 6.07) is 13.5. The summed E-state index contributed by atoms with van der Waals surface area (Å²) in [6.45, 7) is 0. The zero-order chi connectivity index (χ0) is 12.5. The summed E-state index contributed by atoms with van der Waals surface area (Å²) in [4.78, 5) is 7.56. The van der Waals surface area contributed by atoms with E-state index in [9.17, 15) is 4.39 Å². The second kappa shape index (κ2) is 4.07. The molecule has 3 rings (SSSR count). The second-order valence-corrected chi connectivity index (χ2v) is 3.99. The molecule has 0 unspecified atom stereocenters. The average molecular weight is 239 g/mol. The van der Waals surface area contributed by atoms with E-state index in [0.717, 1.165) is 17.0 Å². The van der Waals surface area contributed by atoms with E-state index in [1.807, 2.05) is 42.5 Å². The van der Waals surface area contributed by atoms with Crippen LogP contribution in [0.1, 0.15) is 0 Å². The number of fused-ring (bicyclic) bond motifs is 1. The SMILES string of the molecule is Nc1ncc(F)c(-c2ccc3ccccc3c2)n1. The molecule has 3 nitrogen and oxygen atoms in total. The minimum absolute atomic E-state index is 0.0690. The van der Waals surface area contributed by atoms with Gasteiger partial charge in [0.05, 0.1) is 6.20 Å². The fourth-order valence-corrected chi connectivity index (χ4v) is 1.92. The zero-order valence-electron chi connectivity index (χ0n) is 9.47. The van der Waals surface area contributed by atoms with Crippen molar-refractivity contribution in [1.82, 2.24) is 9.97 Å². The molecule has 0 saturated heterocycles. The summed E-state index contributed by atoms with van der Waals surface area (Å²) in [5, 5.41) is 2.13. The van der Waals surface area contributed by atoms with Crippen molar-refractivity contribution in [3.05, 3.63) is 54.5 Å². The zero-order valence-corrected chi connectivity index (χ0v) is 9.47. The number of nitrogen functional groups attached to an aromatic ring is 1. The fraction of sp³-hybridized carbons (Fsp3) is 0. The van der Waals surface area contributed by atoms with Crippen molar-refractivity contribution in [2.45, 2.75) is 0 Å². The third-order valence-electron chi connectivity index (χ3n) is 2.79. The molecule has 0 aliphatic carbocycles. The summed E-state index contributed by atoms with van der Waals surface area (Å²) in [7, 11) is 0. The van der Waals surface area contributed by atoms with Gasteiger partial charge in [-0.05, 0) is 16.8 Å². The highest BCUT2D eigenvalue weighted by molar-refractivity contribution is 5.86. The van der Waals surface area contributed by atoms with E-state index in [1.54, 1.807) is 0 Å². The maximum atomic E-state index is 13.7. The molecule has 0 aliphatic rings. The van der Waals surface area contributed by atoms with Crippen molar-refractivity contribution in [3.8, 4) is 11.3 Å². The topological polar surface area (TPSA) is 51.8 Å². The van der Waals surface area contributed by atoms with Crippen LogP contribution in [-0.2, 0) is 0 Å². The average Bonchev–Trinajstić information content (AvgIpc) is 2.41. The van der Waals surface area contributed by atoms with Crippen molar-refractivity contribution in [2.75, 3.05) is 5.73 Å². The van der Waals surface area contributed by atoms with Gasteiger partial charge in [-0.15, -0.1) is 0 Å². The quantitative estimate of drug-likeness (QED) is 0.710. The van der Waals surface area contributed by atoms with Gasteiger partial charge in [-0.25, -0.2) is 14.4 Å². The molecule has 0 atom stereocenters. The lowest BCUT2D eigenvalue weighted by Crippen LogP contribution is -1.98. The van der Waals surface area contributed by atoms with Crippen molar-refractivity contribution >= 4 is 16.7 Å². The van der Waals surface area contributed by atoms with Gasteiger partial charge < -0.3 is 5.73 Å². The molecule has 0 amide bonds. The fourth-order valence-electron chi connectivity index (χ4n) is 1.92. The van der Waals surface area contributed by atoms with Crippen LogP contribution in [0, 0.1) is 5.82 Å². The molecule has 88 valence electrons. The number of halogens is 1. The molecule has 1 heterocycles. The summed E-state index contributed by atoms with van der Waals surface area (Å²) >= 11 is 0. The predicted molar refractivity (Wildman–Crippen MR) is 69.3 cm³/mol. The van der Waals surface area contributed by atoms with Crippen LogP contribution < -0.4 is 5.73 Å². The maximum Gasteiger partial charge on any atom is 0.220 e. The molecule has 2 aromatic carbocycles. The number of nitrogens with two attached hydrogens (primary N) is 1. The van der Waals surface area contributed by atoms with Crippen LogP contribution in [0.3, 0.4) is 0 Å². The van der Waals surface area contributed by atoms with E-state index in [0.29, 0.717) is 5.56 Å². The smallest absolute Gasteiger partial charge is 0.220 e. The predicted octanol–water partition coefficient (Wildman–Crippen LogP) is 3.02. The maximum absolute atomic E-state index is 13.7. The van der Waals surface area contributed by atoms with Gasteiger partial charge in [0.25, 0.3) is 0 Å². The van der Waals surface area contributed by atoms with Crippen LogP contribution in [0.2, 0.25) is 0 Å². The van der Waals surface area contributed by atoms with E-state index in [1.165, 1.54) is 0 Å². The molecule has 0 radical (unpaired) electrons. The Balaban J connectivity index is 2.22. The molecule has 0 aliphatic heterocycles. The molecule has 3 aromatic rings. The second-order valence-electron chi connectivity index (χ2n) is 3.99. The summed E-state index contributed by atoms with van der Waals surface area (Å²) in [5.41, 5.74) is 6.41. The third kappa shape index (κ3) is 1.78. The Labute approximate surface area is 103 Å². The van der Waals surface area contributed by atoms with Crippen LogP contribution >= 0.6 is 0 Å². The van der Waals surface area contributed by atoms with Crippen LogP contribution in [0.4, 0.5) is 10.3 Å². The minimum atomic E-state index is -0.473. The number of aromatic nitrogens is 2. The number of rotatable bonds is 1. The van der Waals surface area contributed by atoms with E-state index in [4.69, 9.17) is 5.73 Å². The Morgan fingerprint density at radius 3 is 2.61 bits per heavy atom. The van der Waals surface area contributed by atoms with Crippen LogP contribution in [0.5, 0.6) is 0 Å². The highest BCUT2D eigenvalue weighted by atomic mass is 19.1. The lowest BCUT2D eigenvalue weighted by atomic mass is 10.0. The molecule has 18 heavy (non-hydrogen) atoms. The Bertz CT molecular complexity index is 725. The normalized spacial score (nSPS) is 10.7. The lowest BCUT2D eigenvalue weighted by molar-refractivity contribution is 0.619. The number of anilines is 1. The monoisotopic (exact) mass is 239 g/mol. The number of nitrogens with zero attached hydrogens (tertiary/aromatic N) is 2. The van der Waals surface area contributed by atoms with Crippen molar-refractivity contribution < 1.29 is 4.39 Å². The van der Waals surface area contributed by atoms with E-state index < -0.39 is 5.82 Å². The molecular formula is C14H10FN3. The molecule has 4 heteroatoms. The van der Waals surface area contributed by atoms with E-state index in [2.05, 4.69) is 9.97 Å². The Hall–Kier alpha value is -2.49. The Morgan fingerprint density at radius 2 is 1.78 bits per heavy atom. The lowest BCUT2D eigenvalue weighted by Gasteiger charge is -2.05. The van der Waals surface area contributed by atoms with Gasteiger partial charge in [0.15, 0.2) is 5.82 Å². The van der Waals surface area contributed by atoms with Gasteiger partial charge in [0.1, 0.15) is 5.69 Å². The molecule has 0 spiro atoms. The van der Waals surface area contributed by atoms with Crippen LogP contribution in [0.25, 0.3) is 22.0 Å². The van der Waals surface area contributed by atoms with Crippen LogP contribution in [0.15, 0.2) is 48.7 Å². The summed E-state index contributed by atoms with van der Waals surface area (Å²) in [6.07, 6.45) is 1.09.